The molecule has 1 N–H and O–H groups in total. The van der Waals surface area contributed by atoms with E-state index in [4.69, 9.17) is 9.40 Å². The Morgan fingerprint density at radius 1 is 1.05 bits per heavy atom. The van der Waals surface area contributed by atoms with Gasteiger partial charge in [-0.25, -0.2) is 9.97 Å². The Balaban J connectivity index is 1.49. The Morgan fingerprint density at radius 3 is 2.65 bits per heavy atom. The van der Waals surface area contributed by atoms with Gasteiger partial charge in [0.1, 0.15) is 22.7 Å². The van der Waals surface area contributed by atoms with E-state index in [-0.39, 0.29) is 17.0 Å². The maximum atomic E-state index is 12.9. The molecule has 0 unspecified atom stereocenters. The number of pyridine rings is 1. The number of unbranched alkanes of at least 4 members (excludes halogenated alkanes) is 1. The van der Waals surface area contributed by atoms with Gasteiger partial charge >= 0.3 is 15.5 Å². The number of rotatable bonds is 8. The third-order valence-corrected chi connectivity index (χ3v) is 7.10. The van der Waals surface area contributed by atoms with Gasteiger partial charge in [0.2, 0.25) is 0 Å². The van der Waals surface area contributed by atoms with Crippen molar-refractivity contribution in [1.82, 2.24) is 14.5 Å². The quantitative estimate of drug-likeness (QED) is 0.248. The average Bonchev–Trinajstić information content (AvgIpc) is 3.43. The summed E-state index contributed by atoms with van der Waals surface area (Å²) in [6.45, 7) is 2.66. The van der Waals surface area contributed by atoms with Gasteiger partial charge < -0.3 is 8.98 Å². The average molecular weight is 529 g/mol. The predicted molar refractivity (Wildman–Crippen MR) is 135 cm³/mol. The number of aryl methyl sites for hydroxylation is 1. The lowest BCUT2D eigenvalue weighted by Gasteiger charge is -2.12. The van der Waals surface area contributed by atoms with Gasteiger partial charge in [-0.2, -0.15) is 21.6 Å². The zero-order chi connectivity index (χ0) is 26.2. The van der Waals surface area contributed by atoms with Crippen molar-refractivity contribution in [2.75, 3.05) is 4.72 Å². The second-order valence-corrected chi connectivity index (χ2v) is 10.3. The molecular formula is C26H23F3N4O3S. The SMILES string of the molecule is CCCCc1nc2cccnc2n1Cc1ccc2oc(-c3ccccc3NS(=O)(=O)C(F)(F)F)cc2c1. The van der Waals surface area contributed by atoms with E-state index in [9.17, 15) is 21.6 Å². The number of sulfonamides is 1. The number of fused-ring (bicyclic) bond motifs is 2. The van der Waals surface area contributed by atoms with Gasteiger partial charge in [-0.15, -0.1) is 0 Å². The molecule has 0 radical (unpaired) electrons. The van der Waals surface area contributed by atoms with Crippen LogP contribution in [0.1, 0.15) is 31.2 Å². The molecule has 0 spiro atoms. The number of alkyl halides is 3. The van der Waals surface area contributed by atoms with Crippen LogP contribution in [-0.2, 0) is 23.0 Å². The van der Waals surface area contributed by atoms with E-state index in [2.05, 4.69) is 16.5 Å². The highest BCUT2D eigenvalue weighted by Crippen LogP contribution is 2.35. The molecule has 0 aliphatic rings. The zero-order valence-corrected chi connectivity index (χ0v) is 20.6. The summed E-state index contributed by atoms with van der Waals surface area (Å²) in [6.07, 6.45) is 4.61. The van der Waals surface area contributed by atoms with E-state index in [0.29, 0.717) is 12.1 Å². The van der Waals surface area contributed by atoms with Crippen molar-refractivity contribution in [3.05, 3.63) is 78.2 Å². The van der Waals surface area contributed by atoms with Crippen molar-refractivity contribution >= 4 is 37.8 Å². The van der Waals surface area contributed by atoms with Crippen LogP contribution >= 0.6 is 0 Å². The van der Waals surface area contributed by atoms with E-state index in [1.54, 1.807) is 29.1 Å². The molecule has 37 heavy (non-hydrogen) atoms. The molecule has 192 valence electrons. The van der Waals surface area contributed by atoms with Crippen LogP contribution < -0.4 is 4.72 Å². The molecule has 0 saturated heterocycles. The second-order valence-electron chi connectivity index (χ2n) is 8.64. The zero-order valence-electron chi connectivity index (χ0n) is 19.8. The minimum absolute atomic E-state index is 0.194. The van der Waals surface area contributed by atoms with Crippen LogP contribution in [0.2, 0.25) is 0 Å². The normalized spacial score (nSPS) is 12.4. The molecule has 0 saturated carbocycles. The fourth-order valence-electron chi connectivity index (χ4n) is 4.19. The number of aromatic nitrogens is 3. The molecule has 0 bridgehead atoms. The number of nitrogens with zero attached hydrogens (tertiary/aromatic N) is 3. The van der Waals surface area contributed by atoms with Crippen LogP contribution in [0.5, 0.6) is 0 Å². The van der Waals surface area contributed by atoms with E-state index in [1.807, 2.05) is 24.3 Å². The smallest absolute Gasteiger partial charge is 0.456 e. The highest BCUT2D eigenvalue weighted by molar-refractivity contribution is 7.93. The summed E-state index contributed by atoms with van der Waals surface area (Å²) in [4.78, 5) is 9.27. The first-order valence-electron chi connectivity index (χ1n) is 11.7. The summed E-state index contributed by atoms with van der Waals surface area (Å²) < 4.78 is 71.7. The van der Waals surface area contributed by atoms with Crippen molar-refractivity contribution in [2.24, 2.45) is 0 Å². The fourth-order valence-corrected chi connectivity index (χ4v) is 4.78. The molecular weight excluding hydrogens is 505 g/mol. The molecule has 5 rings (SSSR count). The summed E-state index contributed by atoms with van der Waals surface area (Å²) >= 11 is 0. The van der Waals surface area contributed by atoms with Crippen molar-refractivity contribution in [3.8, 4) is 11.3 Å². The Kier molecular flexibility index (Phi) is 6.40. The number of anilines is 1. The number of para-hydroxylation sites is 1. The molecule has 2 aromatic carbocycles. The molecule has 3 aromatic heterocycles. The van der Waals surface area contributed by atoms with Gasteiger partial charge in [0.25, 0.3) is 0 Å². The fraction of sp³-hybridized carbons (Fsp3) is 0.231. The Bertz CT molecular complexity index is 1690. The van der Waals surface area contributed by atoms with E-state index in [1.165, 1.54) is 18.2 Å². The highest BCUT2D eigenvalue weighted by Gasteiger charge is 2.46. The van der Waals surface area contributed by atoms with Gasteiger partial charge in [0, 0.05) is 23.6 Å². The molecule has 5 aromatic rings. The lowest BCUT2D eigenvalue weighted by molar-refractivity contribution is -0.0429. The Hall–Kier alpha value is -3.86. The van der Waals surface area contributed by atoms with Crippen molar-refractivity contribution in [2.45, 2.75) is 38.2 Å². The van der Waals surface area contributed by atoms with Gasteiger partial charge in [0.15, 0.2) is 5.65 Å². The molecule has 0 aliphatic heterocycles. The third-order valence-electron chi connectivity index (χ3n) is 6.00. The first-order valence-corrected chi connectivity index (χ1v) is 13.2. The predicted octanol–water partition coefficient (Wildman–Crippen LogP) is 6.50. The van der Waals surface area contributed by atoms with Crippen molar-refractivity contribution in [1.29, 1.82) is 0 Å². The molecule has 0 atom stereocenters. The first kappa shape index (κ1) is 24.8. The van der Waals surface area contributed by atoms with Crippen molar-refractivity contribution in [3.63, 3.8) is 0 Å². The van der Waals surface area contributed by atoms with Crippen LogP contribution in [0.15, 0.2) is 71.3 Å². The van der Waals surface area contributed by atoms with Gasteiger partial charge in [-0.1, -0.05) is 31.5 Å². The summed E-state index contributed by atoms with van der Waals surface area (Å²) in [5, 5.41) is 0.730. The monoisotopic (exact) mass is 528 g/mol. The summed E-state index contributed by atoms with van der Waals surface area (Å²) in [5.41, 5.74) is -2.35. The number of hydrogen-bond donors (Lipinski definition) is 1. The molecule has 0 aliphatic carbocycles. The number of imidazole rings is 1. The van der Waals surface area contributed by atoms with Crippen LogP contribution in [0.4, 0.5) is 18.9 Å². The lowest BCUT2D eigenvalue weighted by atomic mass is 10.1. The molecule has 7 nitrogen and oxygen atoms in total. The third kappa shape index (κ3) is 4.91. The minimum atomic E-state index is -5.58. The summed E-state index contributed by atoms with van der Waals surface area (Å²) in [7, 11) is -5.58. The van der Waals surface area contributed by atoms with Crippen molar-refractivity contribution < 1.29 is 26.0 Å². The summed E-state index contributed by atoms with van der Waals surface area (Å²) in [6, 6.07) is 16.9. The molecule has 0 amide bonds. The number of furan rings is 1. The maximum absolute atomic E-state index is 12.9. The second kappa shape index (κ2) is 9.55. The van der Waals surface area contributed by atoms with E-state index >= 15 is 0 Å². The largest absolute Gasteiger partial charge is 0.516 e. The molecule has 0 fully saturated rings. The minimum Gasteiger partial charge on any atom is -0.456 e. The Morgan fingerprint density at radius 2 is 1.86 bits per heavy atom. The van der Waals surface area contributed by atoms with Crippen LogP contribution in [-0.4, -0.2) is 28.5 Å². The topological polar surface area (TPSA) is 90.0 Å². The van der Waals surface area contributed by atoms with Crippen LogP contribution in [0.25, 0.3) is 33.5 Å². The molecule has 3 heterocycles. The van der Waals surface area contributed by atoms with E-state index in [0.717, 1.165) is 47.2 Å². The Labute approximate surface area is 211 Å². The standard InChI is InChI=1S/C26H23F3N4O3S/c1-2-3-10-24-31-21-9-6-13-30-25(21)33(24)16-17-11-12-22-18(14-17)15-23(36-22)19-7-4-5-8-20(19)32-37(34,35)26(27,28)29/h4-9,11-15,32H,2-3,10,16H2,1H3. The highest BCUT2D eigenvalue weighted by atomic mass is 32.2. The van der Waals surface area contributed by atoms with Gasteiger partial charge in [-0.05, 0) is 54.4 Å². The number of nitrogens with one attached hydrogen (secondary N) is 1. The van der Waals surface area contributed by atoms with E-state index < -0.39 is 15.5 Å². The number of benzene rings is 2. The number of halogens is 3. The number of hydrogen-bond acceptors (Lipinski definition) is 5. The maximum Gasteiger partial charge on any atom is 0.516 e. The van der Waals surface area contributed by atoms with Gasteiger partial charge in [0.05, 0.1) is 12.2 Å². The summed E-state index contributed by atoms with van der Waals surface area (Å²) in [5.74, 6) is 1.19. The van der Waals surface area contributed by atoms with Crippen LogP contribution in [0, 0.1) is 0 Å². The van der Waals surface area contributed by atoms with Crippen LogP contribution in [0.3, 0.4) is 0 Å². The lowest BCUT2D eigenvalue weighted by Crippen LogP contribution is -2.30. The molecule has 11 heteroatoms. The van der Waals surface area contributed by atoms with Gasteiger partial charge in [-0.3, -0.25) is 4.72 Å². The first-order chi connectivity index (χ1) is 17.7.